The van der Waals surface area contributed by atoms with Crippen LogP contribution in [0.25, 0.3) is 11.2 Å². The minimum atomic E-state index is -0.192. The highest BCUT2D eigenvalue weighted by molar-refractivity contribution is 5.83. The molecule has 29 heavy (non-hydrogen) atoms. The number of hydrogen-bond acceptors (Lipinski definition) is 7. The summed E-state index contributed by atoms with van der Waals surface area (Å²) < 4.78 is 1.82. The molecule has 2 N–H and O–H groups in total. The van der Waals surface area contributed by atoms with Gasteiger partial charge < -0.3 is 4.90 Å². The van der Waals surface area contributed by atoms with Crippen molar-refractivity contribution in [2.45, 2.75) is 44.8 Å². The first-order chi connectivity index (χ1) is 13.9. The second kappa shape index (κ2) is 6.24. The van der Waals surface area contributed by atoms with Crippen molar-refractivity contribution < 1.29 is 0 Å². The Kier molecular flexibility index (Phi) is 3.88. The Balaban J connectivity index is 1.61. The smallest absolute Gasteiger partial charge is 0.184 e. The van der Waals surface area contributed by atoms with E-state index in [4.69, 9.17) is 16.4 Å². The van der Waals surface area contributed by atoms with Gasteiger partial charge in [0.15, 0.2) is 17.0 Å². The van der Waals surface area contributed by atoms with E-state index >= 15 is 0 Å². The SMILES string of the molecule is C#Cc1ccccc1Cn1nnc2c(N3CCC4(C3)NN4)nc(C(C)(C)C)nc21. The lowest BCUT2D eigenvalue weighted by atomic mass is 9.96. The van der Waals surface area contributed by atoms with Crippen LogP contribution in [-0.2, 0) is 12.0 Å². The molecule has 0 bridgehead atoms. The summed E-state index contributed by atoms with van der Waals surface area (Å²) in [7, 11) is 0. The molecule has 148 valence electrons. The van der Waals surface area contributed by atoms with Crippen molar-refractivity contribution in [2.24, 2.45) is 0 Å². The minimum absolute atomic E-state index is 0.0148. The van der Waals surface area contributed by atoms with Gasteiger partial charge in [-0.25, -0.2) is 25.5 Å². The van der Waals surface area contributed by atoms with Gasteiger partial charge in [-0.2, -0.15) is 0 Å². The fraction of sp³-hybridized carbons (Fsp3) is 0.429. The van der Waals surface area contributed by atoms with Crippen LogP contribution in [0.15, 0.2) is 24.3 Å². The van der Waals surface area contributed by atoms with Crippen LogP contribution in [0, 0.1) is 12.3 Å². The molecule has 0 radical (unpaired) electrons. The van der Waals surface area contributed by atoms with Gasteiger partial charge in [-0.15, -0.1) is 11.5 Å². The lowest BCUT2D eigenvalue weighted by Gasteiger charge is -2.22. The molecular formula is C21H24N8. The Morgan fingerprint density at radius 3 is 2.69 bits per heavy atom. The number of hydrogen-bond donors (Lipinski definition) is 2. The highest BCUT2D eigenvalue weighted by Gasteiger charge is 2.48. The van der Waals surface area contributed by atoms with Gasteiger partial charge in [0, 0.05) is 23.9 Å². The van der Waals surface area contributed by atoms with E-state index in [1.54, 1.807) is 0 Å². The van der Waals surface area contributed by atoms with E-state index in [1.807, 2.05) is 28.9 Å². The normalized spacial score (nSPS) is 17.8. The second-order valence-electron chi connectivity index (χ2n) is 8.85. The maximum atomic E-state index is 5.67. The van der Waals surface area contributed by atoms with Crippen LogP contribution < -0.4 is 15.8 Å². The van der Waals surface area contributed by atoms with E-state index in [0.717, 1.165) is 53.4 Å². The molecule has 2 saturated heterocycles. The van der Waals surface area contributed by atoms with Crippen molar-refractivity contribution in [1.29, 1.82) is 0 Å². The Bertz CT molecular complexity index is 1130. The number of benzene rings is 1. The Hall–Kier alpha value is -3.02. The summed E-state index contributed by atoms with van der Waals surface area (Å²) in [6.45, 7) is 8.63. The topological polar surface area (TPSA) is 104 Å². The van der Waals surface area contributed by atoms with Crippen LogP contribution in [0.3, 0.4) is 0 Å². The highest BCUT2D eigenvalue weighted by atomic mass is 15.7. The largest absolute Gasteiger partial charge is 0.351 e. The first kappa shape index (κ1) is 18.0. The molecule has 2 aliphatic heterocycles. The van der Waals surface area contributed by atoms with Gasteiger partial charge in [0.25, 0.3) is 0 Å². The molecule has 0 unspecified atom stereocenters. The molecule has 2 aliphatic rings. The average Bonchev–Trinajstić information content (AvgIpc) is 3.14. The number of aromatic nitrogens is 5. The van der Waals surface area contributed by atoms with E-state index < -0.39 is 0 Å². The molecular weight excluding hydrogens is 364 g/mol. The summed E-state index contributed by atoms with van der Waals surface area (Å²) in [5.41, 5.74) is 9.68. The molecule has 0 atom stereocenters. The fourth-order valence-electron chi connectivity index (χ4n) is 3.75. The Morgan fingerprint density at radius 1 is 1.21 bits per heavy atom. The number of fused-ring (bicyclic) bond motifs is 1. The van der Waals surface area contributed by atoms with Crippen LogP contribution >= 0.6 is 0 Å². The summed E-state index contributed by atoms with van der Waals surface area (Å²) in [4.78, 5) is 12.0. The van der Waals surface area contributed by atoms with Crippen LogP contribution in [0.2, 0.25) is 0 Å². The molecule has 1 spiro atoms. The van der Waals surface area contributed by atoms with E-state index in [1.165, 1.54) is 0 Å². The van der Waals surface area contributed by atoms with Crippen molar-refractivity contribution in [2.75, 3.05) is 18.0 Å². The van der Waals surface area contributed by atoms with Gasteiger partial charge in [0.2, 0.25) is 0 Å². The van der Waals surface area contributed by atoms with Crippen molar-refractivity contribution in [3.05, 3.63) is 41.2 Å². The van der Waals surface area contributed by atoms with Gasteiger partial charge in [-0.05, 0) is 11.6 Å². The van der Waals surface area contributed by atoms with Crippen LogP contribution in [0.4, 0.5) is 5.82 Å². The monoisotopic (exact) mass is 388 g/mol. The Labute approximate surface area is 169 Å². The number of terminal acetylenes is 1. The van der Waals surface area contributed by atoms with Gasteiger partial charge in [-0.3, -0.25) is 0 Å². The number of anilines is 1. The zero-order chi connectivity index (χ0) is 20.2. The molecule has 4 heterocycles. The van der Waals surface area contributed by atoms with Crippen molar-refractivity contribution in [1.82, 2.24) is 35.8 Å². The number of nitrogens with one attached hydrogen (secondary N) is 2. The molecule has 5 rings (SSSR count). The van der Waals surface area contributed by atoms with Crippen molar-refractivity contribution in [3.63, 3.8) is 0 Å². The predicted molar refractivity (Wildman–Crippen MR) is 111 cm³/mol. The quantitative estimate of drug-likeness (QED) is 0.518. The molecule has 2 aromatic heterocycles. The van der Waals surface area contributed by atoms with E-state index in [0.29, 0.717) is 6.54 Å². The molecule has 0 amide bonds. The maximum Gasteiger partial charge on any atom is 0.184 e. The molecule has 2 fully saturated rings. The van der Waals surface area contributed by atoms with Gasteiger partial charge in [0.1, 0.15) is 11.5 Å². The summed E-state index contributed by atoms with van der Waals surface area (Å²) >= 11 is 0. The van der Waals surface area contributed by atoms with Crippen molar-refractivity contribution in [3.8, 4) is 12.3 Å². The molecule has 0 aliphatic carbocycles. The number of nitrogens with zero attached hydrogens (tertiary/aromatic N) is 6. The Morgan fingerprint density at radius 2 is 2.00 bits per heavy atom. The summed E-state index contributed by atoms with van der Waals surface area (Å²) in [6.07, 6.45) is 6.69. The zero-order valence-corrected chi connectivity index (χ0v) is 16.9. The van der Waals surface area contributed by atoms with Gasteiger partial charge in [0.05, 0.1) is 13.1 Å². The first-order valence-corrected chi connectivity index (χ1v) is 9.84. The lowest BCUT2D eigenvalue weighted by molar-refractivity contribution is 0.545. The van der Waals surface area contributed by atoms with Crippen LogP contribution in [0.5, 0.6) is 0 Å². The third-order valence-electron chi connectivity index (χ3n) is 5.56. The van der Waals surface area contributed by atoms with Gasteiger partial charge in [-0.1, -0.05) is 50.1 Å². The zero-order valence-electron chi connectivity index (χ0n) is 16.9. The van der Waals surface area contributed by atoms with Crippen molar-refractivity contribution >= 4 is 17.0 Å². The third kappa shape index (κ3) is 3.12. The average molecular weight is 388 g/mol. The molecule has 0 saturated carbocycles. The van der Waals surface area contributed by atoms with Crippen LogP contribution in [0.1, 0.15) is 44.1 Å². The number of hydrazine groups is 1. The first-order valence-electron chi connectivity index (χ1n) is 9.84. The molecule has 8 nitrogen and oxygen atoms in total. The van der Waals surface area contributed by atoms with E-state index in [-0.39, 0.29) is 11.1 Å². The summed E-state index contributed by atoms with van der Waals surface area (Å²) in [5, 5.41) is 8.87. The third-order valence-corrected chi connectivity index (χ3v) is 5.56. The van der Waals surface area contributed by atoms with E-state index in [9.17, 15) is 0 Å². The standard InChI is InChI=1S/C21H24N8/c1-5-14-8-6-7-9-15(14)12-29-18-16(24-27-29)17(22-19(23-18)20(2,3)4)28-11-10-21(13-28)25-26-21/h1,6-9,25-26H,10-13H2,2-4H3. The molecule has 8 heteroatoms. The summed E-state index contributed by atoms with van der Waals surface area (Å²) in [6, 6.07) is 7.88. The van der Waals surface area contributed by atoms with Crippen LogP contribution in [-0.4, -0.2) is 43.7 Å². The minimum Gasteiger partial charge on any atom is -0.351 e. The van der Waals surface area contributed by atoms with E-state index in [2.05, 4.69) is 52.8 Å². The molecule has 3 aromatic rings. The second-order valence-corrected chi connectivity index (χ2v) is 8.85. The fourth-order valence-corrected chi connectivity index (χ4v) is 3.75. The van der Waals surface area contributed by atoms with Gasteiger partial charge >= 0.3 is 0 Å². The predicted octanol–water partition coefficient (Wildman–Crippen LogP) is 1.56. The molecule has 1 aromatic carbocycles. The maximum absolute atomic E-state index is 5.67. The summed E-state index contributed by atoms with van der Waals surface area (Å²) in [5.74, 6) is 4.38. The lowest BCUT2D eigenvalue weighted by Crippen LogP contribution is -2.28. The highest BCUT2D eigenvalue weighted by Crippen LogP contribution is 2.33. The number of rotatable bonds is 3.